The third-order valence-electron chi connectivity index (χ3n) is 2.68. The van der Waals surface area contributed by atoms with Gasteiger partial charge in [0.05, 0.1) is 13.1 Å². The normalized spacial score (nSPS) is 26.8. The third-order valence-corrected chi connectivity index (χ3v) is 2.68. The molecule has 2 atom stereocenters. The molecule has 1 amide bonds. The highest BCUT2D eigenvalue weighted by Crippen LogP contribution is 2.30. The van der Waals surface area contributed by atoms with Crippen molar-refractivity contribution in [1.29, 1.82) is 0 Å². The van der Waals surface area contributed by atoms with Gasteiger partial charge in [-0.25, -0.2) is 9.79 Å². The molecule has 5 nitrogen and oxygen atoms in total. The Hall–Kier alpha value is -1.47. The minimum absolute atomic E-state index is 0.0582. The number of hydrogen-bond donors (Lipinski definition) is 0. The molecule has 0 aromatic heterocycles. The molecule has 1 saturated heterocycles. The lowest BCUT2D eigenvalue weighted by Gasteiger charge is -2.24. The number of ether oxygens (including phenoxy) is 2. The SMILES string of the molecule is CC(C)(C)OC(=O)N1C[C@@H]2OC(C(F)(F)F)=N[C@@H]2C1. The van der Waals surface area contributed by atoms with Gasteiger partial charge in [-0.3, -0.25) is 0 Å². The molecule has 0 saturated carbocycles. The zero-order valence-electron chi connectivity index (χ0n) is 10.8. The number of alkyl halides is 3. The van der Waals surface area contributed by atoms with Crippen molar-refractivity contribution in [2.24, 2.45) is 4.99 Å². The van der Waals surface area contributed by atoms with Crippen LogP contribution in [0, 0.1) is 0 Å². The van der Waals surface area contributed by atoms with Gasteiger partial charge in [-0.05, 0) is 20.8 Å². The summed E-state index contributed by atoms with van der Waals surface area (Å²) < 4.78 is 47.0. The van der Waals surface area contributed by atoms with Crippen LogP contribution >= 0.6 is 0 Å². The van der Waals surface area contributed by atoms with Gasteiger partial charge >= 0.3 is 12.3 Å². The summed E-state index contributed by atoms with van der Waals surface area (Å²) in [6.45, 7) is 5.30. The Kier molecular flexibility index (Phi) is 3.14. The average molecular weight is 280 g/mol. The van der Waals surface area contributed by atoms with Gasteiger partial charge in [-0.1, -0.05) is 0 Å². The number of carbonyl (C=O) groups excluding carboxylic acids is 1. The highest BCUT2D eigenvalue weighted by Gasteiger charge is 2.50. The summed E-state index contributed by atoms with van der Waals surface area (Å²) >= 11 is 0. The van der Waals surface area contributed by atoms with Crippen molar-refractivity contribution >= 4 is 12.0 Å². The van der Waals surface area contributed by atoms with Crippen LogP contribution in [0.1, 0.15) is 20.8 Å². The second-order valence-corrected chi connectivity index (χ2v) is 5.54. The number of likely N-dealkylation sites (tertiary alicyclic amines) is 1. The van der Waals surface area contributed by atoms with Crippen molar-refractivity contribution < 1.29 is 27.4 Å². The van der Waals surface area contributed by atoms with Crippen LogP contribution in [0.25, 0.3) is 0 Å². The standard InChI is InChI=1S/C11H15F3N2O3/c1-10(2,3)19-9(17)16-4-6-7(5-16)18-8(15-6)11(12,13)14/h6-7H,4-5H2,1-3H3/t6-,7+/m1/s1. The lowest BCUT2D eigenvalue weighted by molar-refractivity contribution is -0.0790. The van der Waals surface area contributed by atoms with Gasteiger partial charge in [-0.2, -0.15) is 13.2 Å². The summed E-state index contributed by atoms with van der Waals surface area (Å²) in [7, 11) is 0. The molecule has 19 heavy (non-hydrogen) atoms. The van der Waals surface area contributed by atoms with Gasteiger partial charge in [0, 0.05) is 0 Å². The Labute approximate surface area is 108 Å². The molecule has 0 radical (unpaired) electrons. The van der Waals surface area contributed by atoms with E-state index in [1.54, 1.807) is 20.8 Å². The summed E-state index contributed by atoms with van der Waals surface area (Å²) in [6.07, 6.45) is -5.86. The Morgan fingerprint density at radius 1 is 1.37 bits per heavy atom. The van der Waals surface area contributed by atoms with E-state index >= 15 is 0 Å². The summed E-state index contributed by atoms with van der Waals surface area (Å²) in [5, 5.41) is 0. The first-order valence-electron chi connectivity index (χ1n) is 5.86. The molecule has 108 valence electrons. The highest BCUT2D eigenvalue weighted by atomic mass is 19.4. The molecule has 0 aromatic rings. The number of carbonyl (C=O) groups is 1. The van der Waals surface area contributed by atoms with Crippen LogP contribution in [0.4, 0.5) is 18.0 Å². The minimum Gasteiger partial charge on any atom is -0.467 e. The highest BCUT2D eigenvalue weighted by molar-refractivity contribution is 5.84. The van der Waals surface area contributed by atoms with Crippen molar-refractivity contribution in [2.45, 2.75) is 44.7 Å². The summed E-state index contributed by atoms with van der Waals surface area (Å²) in [4.78, 5) is 16.5. The molecule has 2 aliphatic heterocycles. The van der Waals surface area contributed by atoms with Crippen LogP contribution in [0.15, 0.2) is 4.99 Å². The molecule has 0 N–H and O–H groups in total. The molecule has 0 aromatic carbocycles. The van der Waals surface area contributed by atoms with Gasteiger partial charge in [0.15, 0.2) is 0 Å². The lowest BCUT2D eigenvalue weighted by atomic mass is 10.2. The number of nitrogens with zero attached hydrogens (tertiary/aromatic N) is 2. The quantitative estimate of drug-likeness (QED) is 0.681. The maximum atomic E-state index is 12.4. The van der Waals surface area contributed by atoms with Crippen LogP contribution in [0.3, 0.4) is 0 Å². The van der Waals surface area contributed by atoms with E-state index in [-0.39, 0.29) is 13.1 Å². The number of rotatable bonds is 0. The maximum absolute atomic E-state index is 12.4. The molecule has 0 aliphatic carbocycles. The summed E-state index contributed by atoms with van der Waals surface area (Å²) in [6, 6.07) is -0.663. The fourth-order valence-electron chi connectivity index (χ4n) is 1.94. The Balaban J connectivity index is 1.97. The van der Waals surface area contributed by atoms with Gasteiger partial charge in [0.25, 0.3) is 5.90 Å². The monoisotopic (exact) mass is 280 g/mol. The fraction of sp³-hybridized carbons (Fsp3) is 0.818. The maximum Gasteiger partial charge on any atom is 0.468 e. The van der Waals surface area contributed by atoms with Gasteiger partial charge in [0.1, 0.15) is 17.7 Å². The number of aliphatic imine (C=N–C) groups is 1. The first-order valence-corrected chi connectivity index (χ1v) is 5.86. The zero-order chi connectivity index (χ0) is 14.4. The number of hydrogen-bond acceptors (Lipinski definition) is 4. The van der Waals surface area contributed by atoms with E-state index in [4.69, 9.17) is 9.47 Å². The van der Waals surface area contributed by atoms with Crippen molar-refractivity contribution in [3.05, 3.63) is 0 Å². The fourth-order valence-corrected chi connectivity index (χ4v) is 1.94. The van der Waals surface area contributed by atoms with Gasteiger partial charge < -0.3 is 14.4 Å². The van der Waals surface area contributed by atoms with Crippen molar-refractivity contribution in [1.82, 2.24) is 4.90 Å². The van der Waals surface area contributed by atoms with E-state index in [2.05, 4.69) is 4.99 Å². The summed E-state index contributed by atoms with van der Waals surface area (Å²) in [5.41, 5.74) is -0.643. The molecular formula is C11H15F3N2O3. The molecule has 1 fully saturated rings. The molecule has 0 spiro atoms. The third kappa shape index (κ3) is 3.10. The Morgan fingerprint density at radius 2 is 2.00 bits per heavy atom. The van der Waals surface area contributed by atoms with E-state index in [0.29, 0.717) is 0 Å². The first-order chi connectivity index (χ1) is 8.56. The lowest BCUT2D eigenvalue weighted by Crippen LogP contribution is -2.37. The Morgan fingerprint density at radius 3 is 2.47 bits per heavy atom. The van der Waals surface area contributed by atoms with Crippen LogP contribution in [-0.2, 0) is 9.47 Å². The van der Waals surface area contributed by atoms with Crippen LogP contribution in [-0.4, -0.2) is 53.9 Å². The average Bonchev–Trinajstić information content (AvgIpc) is 2.68. The predicted octanol–water partition coefficient (Wildman–Crippen LogP) is 1.97. The van der Waals surface area contributed by atoms with E-state index in [1.165, 1.54) is 4.90 Å². The largest absolute Gasteiger partial charge is 0.468 e. The van der Waals surface area contributed by atoms with E-state index in [1.807, 2.05) is 0 Å². The Bertz CT molecular complexity index is 414. The second kappa shape index (κ2) is 4.28. The minimum atomic E-state index is -4.57. The molecule has 2 heterocycles. The number of fused-ring (bicyclic) bond motifs is 1. The summed E-state index contributed by atoms with van der Waals surface area (Å²) in [5.74, 6) is -1.20. The molecule has 0 unspecified atom stereocenters. The molecule has 8 heteroatoms. The zero-order valence-corrected chi connectivity index (χ0v) is 10.8. The van der Waals surface area contributed by atoms with Crippen molar-refractivity contribution in [3.8, 4) is 0 Å². The predicted molar refractivity (Wildman–Crippen MR) is 60.0 cm³/mol. The number of halogens is 3. The number of amides is 1. The van der Waals surface area contributed by atoms with Gasteiger partial charge in [0.2, 0.25) is 0 Å². The van der Waals surface area contributed by atoms with E-state index in [0.717, 1.165) is 0 Å². The van der Waals surface area contributed by atoms with Crippen LogP contribution in [0.5, 0.6) is 0 Å². The smallest absolute Gasteiger partial charge is 0.467 e. The molecular weight excluding hydrogens is 265 g/mol. The molecule has 2 aliphatic rings. The van der Waals surface area contributed by atoms with Crippen LogP contribution < -0.4 is 0 Å². The van der Waals surface area contributed by atoms with Crippen molar-refractivity contribution in [2.75, 3.05) is 13.1 Å². The molecule has 2 rings (SSSR count). The topological polar surface area (TPSA) is 51.1 Å². The molecule has 0 bridgehead atoms. The van der Waals surface area contributed by atoms with Gasteiger partial charge in [-0.15, -0.1) is 0 Å². The van der Waals surface area contributed by atoms with Crippen molar-refractivity contribution in [3.63, 3.8) is 0 Å². The van der Waals surface area contributed by atoms with Crippen LogP contribution in [0.2, 0.25) is 0 Å². The van der Waals surface area contributed by atoms with E-state index < -0.39 is 35.9 Å². The second-order valence-electron chi connectivity index (χ2n) is 5.54. The first kappa shape index (κ1) is 14.0. The van der Waals surface area contributed by atoms with E-state index in [9.17, 15) is 18.0 Å².